The quantitative estimate of drug-likeness (QED) is 0.272. The largest absolute Gasteiger partial charge is 0.383 e. The number of guanidine groups is 1. The Balaban J connectivity index is 0. The molecule has 0 aromatic heterocycles. The second-order valence-electron chi connectivity index (χ2n) is 4.92. The molecule has 0 heterocycles. The number of likely N-dealkylation sites (N-methyl/N-ethyl adjacent to an activating group) is 1. The smallest absolute Gasteiger partial charge is 0.190 e. The van der Waals surface area contributed by atoms with E-state index in [1.165, 1.54) is 0 Å². The molecule has 0 saturated heterocycles. The van der Waals surface area contributed by atoms with Gasteiger partial charge in [-0.15, -0.1) is 24.0 Å². The fourth-order valence-corrected chi connectivity index (χ4v) is 1.44. The third-order valence-electron chi connectivity index (χ3n) is 2.59. The van der Waals surface area contributed by atoms with Crippen molar-refractivity contribution in [1.82, 2.24) is 15.5 Å². The number of hydrogen-bond donors (Lipinski definition) is 2. The van der Waals surface area contributed by atoms with Crippen LogP contribution in [0.25, 0.3) is 0 Å². The Bertz CT molecular complexity index is 225. The van der Waals surface area contributed by atoms with E-state index in [2.05, 4.69) is 41.4 Å². The summed E-state index contributed by atoms with van der Waals surface area (Å²) in [6.45, 7) is 9.11. The van der Waals surface area contributed by atoms with Gasteiger partial charge in [-0.3, -0.25) is 4.99 Å². The van der Waals surface area contributed by atoms with Crippen molar-refractivity contribution in [2.75, 3.05) is 54.0 Å². The molecular weight excluding hydrogens is 355 g/mol. The molecule has 0 aromatic rings. The van der Waals surface area contributed by atoms with Crippen molar-refractivity contribution in [3.63, 3.8) is 0 Å². The molecule has 0 radical (unpaired) electrons. The average Bonchev–Trinajstić information content (AvgIpc) is 2.35. The maximum atomic E-state index is 5.04. The number of nitrogens with one attached hydrogen (secondary N) is 2. The van der Waals surface area contributed by atoms with E-state index in [1.54, 1.807) is 14.2 Å². The minimum Gasteiger partial charge on any atom is -0.383 e. The molecule has 19 heavy (non-hydrogen) atoms. The summed E-state index contributed by atoms with van der Waals surface area (Å²) in [5, 5.41) is 6.61. The Morgan fingerprint density at radius 3 is 2.47 bits per heavy atom. The van der Waals surface area contributed by atoms with Crippen LogP contribution in [0.15, 0.2) is 4.99 Å². The second-order valence-corrected chi connectivity index (χ2v) is 4.92. The van der Waals surface area contributed by atoms with Crippen LogP contribution in [0.4, 0.5) is 0 Å². The Labute approximate surface area is 135 Å². The van der Waals surface area contributed by atoms with Crippen LogP contribution in [0.3, 0.4) is 0 Å². The molecule has 0 fully saturated rings. The van der Waals surface area contributed by atoms with E-state index in [-0.39, 0.29) is 24.0 Å². The van der Waals surface area contributed by atoms with Crippen LogP contribution in [-0.2, 0) is 4.74 Å². The summed E-state index contributed by atoms with van der Waals surface area (Å²) in [6.07, 6.45) is 1.10. The lowest BCUT2D eigenvalue weighted by molar-refractivity contribution is 0.161. The van der Waals surface area contributed by atoms with Crippen LogP contribution < -0.4 is 10.6 Å². The first-order valence-corrected chi connectivity index (χ1v) is 6.72. The summed E-state index contributed by atoms with van der Waals surface area (Å²) in [5.74, 6) is 1.52. The van der Waals surface area contributed by atoms with Crippen LogP contribution in [0.2, 0.25) is 0 Å². The standard InChI is InChI=1S/C13H30N4O.HI/c1-12(2)11-16-13(14-3)15-7-6-8-17(4)9-10-18-5;/h12H,6-11H2,1-5H3,(H2,14,15,16);1H. The molecule has 0 spiro atoms. The fraction of sp³-hybridized carbons (Fsp3) is 0.923. The lowest BCUT2D eigenvalue weighted by Crippen LogP contribution is -2.40. The van der Waals surface area contributed by atoms with Crippen molar-refractivity contribution in [3.8, 4) is 0 Å². The maximum absolute atomic E-state index is 5.04. The number of ether oxygens (including phenoxy) is 1. The van der Waals surface area contributed by atoms with Crippen LogP contribution in [-0.4, -0.2) is 64.9 Å². The summed E-state index contributed by atoms with van der Waals surface area (Å²) in [4.78, 5) is 6.46. The van der Waals surface area contributed by atoms with Crippen LogP contribution in [0.1, 0.15) is 20.3 Å². The van der Waals surface area contributed by atoms with E-state index < -0.39 is 0 Å². The van der Waals surface area contributed by atoms with Crippen molar-refractivity contribution < 1.29 is 4.74 Å². The molecule has 0 amide bonds. The number of rotatable bonds is 9. The van der Waals surface area contributed by atoms with E-state index in [9.17, 15) is 0 Å². The molecular formula is C13H31IN4O. The minimum absolute atomic E-state index is 0. The maximum Gasteiger partial charge on any atom is 0.190 e. The van der Waals surface area contributed by atoms with Gasteiger partial charge in [0.05, 0.1) is 6.61 Å². The van der Waals surface area contributed by atoms with Crippen molar-refractivity contribution in [3.05, 3.63) is 0 Å². The number of halogens is 1. The van der Waals surface area contributed by atoms with Gasteiger partial charge in [-0.1, -0.05) is 13.8 Å². The molecule has 0 aliphatic heterocycles. The van der Waals surface area contributed by atoms with Crippen molar-refractivity contribution >= 4 is 29.9 Å². The Hall–Kier alpha value is -0.0800. The van der Waals surface area contributed by atoms with Crippen molar-refractivity contribution in [1.29, 1.82) is 0 Å². The summed E-state index contributed by atoms with van der Waals surface area (Å²) in [6, 6.07) is 0. The van der Waals surface area contributed by atoms with E-state index in [1.807, 2.05) is 0 Å². The molecule has 0 unspecified atom stereocenters. The summed E-state index contributed by atoms with van der Waals surface area (Å²) in [5.41, 5.74) is 0. The number of aliphatic imine (C=N–C) groups is 1. The molecule has 0 rings (SSSR count). The van der Waals surface area contributed by atoms with Crippen molar-refractivity contribution in [2.45, 2.75) is 20.3 Å². The van der Waals surface area contributed by atoms with Crippen molar-refractivity contribution in [2.24, 2.45) is 10.9 Å². The van der Waals surface area contributed by atoms with Gasteiger partial charge in [0.25, 0.3) is 0 Å². The van der Waals surface area contributed by atoms with Crippen LogP contribution in [0, 0.1) is 5.92 Å². The SMILES string of the molecule is CN=C(NCCCN(C)CCOC)NCC(C)C.I. The molecule has 0 saturated carbocycles. The molecule has 2 N–H and O–H groups in total. The first-order chi connectivity index (χ1) is 8.60. The number of methoxy groups -OCH3 is 1. The van der Waals surface area contributed by atoms with Gasteiger partial charge < -0.3 is 20.3 Å². The monoisotopic (exact) mass is 386 g/mol. The molecule has 6 heteroatoms. The third-order valence-corrected chi connectivity index (χ3v) is 2.59. The van der Waals surface area contributed by atoms with Gasteiger partial charge in [0.1, 0.15) is 0 Å². The normalized spacial score (nSPS) is 11.6. The van der Waals surface area contributed by atoms with Gasteiger partial charge in [0, 0.05) is 33.8 Å². The first-order valence-electron chi connectivity index (χ1n) is 6.72. The lowest BCUT2D eigenvalue weighted by Gasteiger charge is -2.17. The first kappa shape index (κ1) is 21.2. The molecule has 5 nitrogen and oxygen atoms in total. The highest BCUT2D eigenvalue weighted by molar-refractivity contribution is 14.0. The fourth-order valence-electron chi connectivity index (χ4n) is 1.44. The zero-order valence-electron chi connectivity index (χ0n) is 13.0. The molecule has 0 aliphatic carbocycles. The van der Waals surface area contributed by atoms with Gasteiger partial charge in [-0.2, -0.15) is 0 Å². The molecule has 0 atom stereocenters. The van der Waals surface area contributed by atoms with E-state index in [4.69, 9.17) is 4.74 Å². The predicted octanol–water partition coefficient (Wildman–Crippen LogP) is 1.39. The van der Waals surface area contributed by atoms with E-state index in [0.717, 1.165) is 45.2 Å². The second kappa shape index (κ2) is 14.3. The van der Waals surface area contributed by atoms with E-state index in [0.29, 0.717) is 5.92 Å². The average molecular weight is 386 g/mol. The topological polar surface area (TPSA) is 48.9 Å². The summed E-state index contributed by atoms with van der Waals surface area (Å²) >= 11 is 0. The molecule has 116 valence electrons. The van der Waals surface area contributed by atoms with Gasteiger partial charge in [0.2, 0.25) is 0 Å². The van der Waals surface area contributed by atoms with Gasteiger partial charge in [-0.25, -0.2) is 0 Å². The van der Waals surface area contributed by atoms with Crippen LogP contribution >= 0.6 is 24.0 Å². The lowest BCUT2D eigenvalue weighted by atomic mass is 10.2. The van der Waals surface area contributed by atoms with Crippen LogP contribution in [0.5, 0.6) is 0 Å². The molecule has 0 aliphatic rings. The predicted molar refractivity (Wildman–Crippen MR) is 93.6 cm³/mol. The Morgan fingerprint density at radius 2 is 1.95 bits per heavy atom. The van der Waals surface area contributed by atoms with Gasteiger partial charge in [-0.05, 0) is 25.9 Å². The van der Waals surface area contributed by atoms with Gasteiger partial charge in [0.15, 0.2) is 5.96 Å². The highest BCUT2D eigenvalue weighted by Gasteiger charge is 2.00. The molecule has 0 bridgehead atoms. The third kappa shape index (κ3) is 14.1. The summed E-state index contributed by atoms with van der Waals surface area (Å²) < 4.78 is 5.04. The Morgan fingerprint density at radius 1 is 1.26 bits per heavy atom. The zero-order valence-corrected chi connectivity index (χ0v) is 15.4. The Kier molecular flexibility index (Phi) is 16.0. The highest BCUT2D eigenvalue weighted by Crippen LogP contribution is 1.88. The minimum atomic E-state index is 0. The number of hydrogen-bond acceptors (Lipinski definition) is 3. The summed E-state index contributed by atoms with van der Waals surface area (Å²) in [7, 11) is 5.66. The highest BCUT2D eigenvalue weighted by atomic mass is 127. The zero-order chi connectivity index (χ0) is 13.8. The van der Waals surface area contributed by atoms with E-state index >= 15 is 0 Å². The molecule has 0 aromatic carbocycles. The van der Waals surface area contributed by atoms with Gasteiger partial charge >= 0.3 is 0 Å². The number of nitrogens with zero attached hydrogens (tertiary/aromatic N) is 2.